The van der Waals surface area contributed by atoms with Crippen LogP contribution in [0.15, 0.2) is 127 Å². The van der Waals surface area contributed by atoms with Crippen molar-refractivity contribution in [2.75, 3.05) is 19.8 Å². The molecule has 0 atom stereocenters. The molecule has 4 aromatic rings. The summed E-state index contributed by atoms with van der Waals surface area (Å²) in [5, 5.41) is 1.63. The predicted octanol–water partition coefficient (Wildman–Crippen LogP) is 8.17. The number of carbonyl (C=O) groups excluding carboxylic acids is 5. The van der Waals surface area contributed by atoms with Gasteiger partial charge < -0.3 is 28.4 Å². The Balaban J connectivity index is 1.35. The first-order valence-electron chi connectivity index (χ1n) is 17.1. The molecule has 11 heteroatoms. The minimum absolute atomic E-state index is 0.0163. The van der Waals surface area contributed by atoms with Gasteiger partial charge >= 0.3 is 29.8 Å². The molecule has 4 aromatic carbocycles. The third kappa shape index (κ3) is 12.1. The molecule has 0 saturated carbocycles. The van der Waals surface area contributed by atoms with Gasteiger partial charge in [0.2, 0.25) is 0 Å². The molecule has 0 fully saturated rings. The normalized spacial score (nSPS) is 11.0. The van der Waals surface area contributed by atoms with Gasteiger partial charge in [-0.1, -0.05) is 57.0 Å². The third-order valence-electron chi connectivity index (χ3n) is 7.98. The molecule has 55 heavy (non-hydrogen) atoms. The fourth-order valence-electron chi connectivity index (χ4n) is 4.79. The fourth-order valence-corrected chi connectivity index (χ4v) is 4.79. The Morgan fingerprint density at radius 3 is 1.69 bits per heavy atom. The maximum atomic E-state index is 12.7. The molecule has 0 bridgehead atoms. The van der Waals surface area contributed by atoms with E-state index >= 15 is 0 Å². The van der Waals surface area contributed by atoms with Gasteiger partial charge in [0.15, 0.2) is 0 Å². The van der Waals surface area contributed by atoms with Crippen molar-refractivity contribution in [3.63, 3.8) is 0 Å². The molecule has 0 heterocycles. The number of rotatable bonds is 17. The number of carbonyl (C=O) groups is 5. The lowest BCUT2D eigenvalue weighted by atomic mass is 9.89. The van der Waals surface area contributed by atoms with Crippen LogP contribution in [0.4, 0.5) is 0 Å². The van der Waals surface area contributed by atoms with Crippen LogP contribution in [-0.2, 0) is 28.7 Å². The SMILES string of the molecule is C=C(C)C(=O)OCC(C)(CCOc1ccc(/C=C/C(=O)Oc2ccc(OC(=O)c3ccc(OC(=O)C(=C)C)cc3)cc2)c2ccccc12)COC(=O)C(=C)C. The number of hydrogen-bond donors (Lipinski definition) is 0. The second-order valence-corrected chi connectivity index (χ2v) is 13.1. The summed E-state index contributed by atoms with van der Waals surface area (Å²) in [6.07, 6.45) is 3.32. The second-order valence-electron chi connectivity index (χ2n) is 13.1. The van der Waals surface area contributed by atoms with Gasteiger partial charge in [-0.2, -0.15) is 0 Å². The van der Waals surface area contributed by atoms with Crippen molar-refractivity contribution in [1.29, 1.82) is 0 Å². The zero-order valence-corrected chi connectivity index (χ0v) is 31.2. The smallest absolute Gasteiger partial charge is 0.343 e. The zero-order valence-electron chi connectivity index (χ0n) is 31.2. The molecule has 11 nitrogen and oxygen atoms in total. The molecule has 0 aliphatic carbocycles. The highest BCUT2D eigenvalue weighted by Crippen LogP contribution is 2.31. The molecule has 0 spiro atoms. The molecule has 0 unspecified atom stereocenters. The van der Waals surface area contributed by atoms with E-state index in [1.54, 1.807) is 26.0 Å². The minimum Gasteiger partial charge on any atom is -0.493 e. The molecule has 0 aliphatic heterocycles. The fraction of sp³-hybridized carbons (Fsp3) is 0.205. The summed E-state index contributed by atoms with van der Waals surface area (Å²) < 4.78 is 33.0. The maximum absolute atomic E-state index is 12.7. The highest BCUT2D eigenvalue weighted by Gasteiger charge is 2.29. The first kappa shape index (κ1) is 41.0. The van der Waals surface area contributed by atoms with Gasteiger partial charge in [0.1, 0.15) is 36.2 Å². The Labute approximate surface area is 319 Å². The van der Waals surface area contributed by atoms with E-state index < -0.39 is 35.3 Å². The van der Waals surface area contributed by atoms with Crippen molar-refractivity contribution >= 4 is 46.7 Å². The van der Waals surface area contributed by atoms with Crippen LogP contribution in [0.3, 0.4) is 0 Å². The van der Waals surface area contributed by atoms with E-state index in [0.29, 0.717) is 12.2 Å². The number of benzene rings is 4. The summed E-state index contributed by atoms with van der Waals surface area (Å²) in [6.45, 7) is 17.4. The Morgan fingerprint density at radius 2 is 1.13 bits per heavy atom. The highest BCUT2D eigenvalue weighted by molar-refractivity contribution is 5.98. The van der Waals surface area contributed by atoms with Gasteiger partial charge in [0.25, 0.3) is 0 Å². The van der Waals surface area contributed by atoms with E-state index in [9.17, 15) is 24.0 Å². The molecule has 0 aliphatic rings. The topological polar surface area (TPSA) is 141 Å². The number of esters is 5. The van der Waals surface area contributed by atoms with Crippen molar-refractivity contribution in [2.45, 2.75) is 34.1 Å². The van der Waals surface area contributed by atoms with Gasteiger partial charge in [-0.15, -0.1) is 0 Å². The number of ether oxygens (including phenoxy) is 6. The van der Waals surface area contributed by atoms with Crippen molar-refractivity contribution in [3.05, 3.63) is 139 Å². The molecular weight excluding hydrogens is 704 g/mol. The lowest BCUT2D eigenvalue weighted by Gasteiger charge is -2.28. The average Bonchev–Trinajstić information content (AvgIpc) is 3.16. The van der Waals surface area contributed by atoms with E-state index in [1.165, 1.54) is 61.5 Å². The van der Waals surface area contributed by atoms with Gasteiger partial charge in [0.05, 0.1) is 12.2 Å². The van der Waals surface area contributed by atoms with E-state index in [1.807, 2.05) is 37.3 Å². The van der Waals surface area contributed by atoms with E-state index in [2.05, 4.69) is 19.7 Å². The second kappa shape index (κ2) is 18.8. The van der Waals surface area contributed by atoms with Crippen LogP contribution >= 0.6 is 0 Å². The summed E-state index contributed by atoms with van der Waals surface area (Å²) in [5.41, 5.74) is 0.994. The van der Waals surface area contributed by atoms with Crippen LogP contribution in [0.25, 0.3) is 16.8 Å². The largest absolute Gasteiger partial charge is 0.493 e. The van der Waals surface area contributed by atoms with Crippen molar-refractivity contribution in [1.82, 2.24) is 0 Å². The van der Waals surface area contributed by atoms with Crippen LogP contribution in [-0.4, -0.2) is 49.7 Å². The van der Waals surface area contributed by atoms with E-state index in [0.717, 1.165) is 16.3 Å². The van der Waals surface area contributed by atoms with Crippen LogP contribution in [0.5, 0.6) is 23.0 Å². The maximum Gasteiger partial charge on any atom is 0.343 e. The van der Waals surface area contributed by atoms with Crippen molar-refractivity contribution in [2.24, 2.45) is 5.41 Å². The summed E-state index contributed by atoms with van der Waals surface area (Å²) in [4.78, 5) is 61.2. The molecule has 0 radical (unpaired) electrons. The van der Waals surface area contributed by atoms with Crippen molar-refractivity contribution < 1.29 is 52.4 Å². The summed E-state index contributed by atoms with van der Waals surface area (Å²) in [6, 6.07) is 23.0. The molecule has 0 amide bonds. The molecule has 0 N–H and O–H groups in total. The van der Waals surface area contributed by atoms with Crippen LogP contribution in [0, 0.1) is 5.41 Å². The molecule has 0 saturated heterocycles. The van der Waals surface area contributed by atoms with Gasteiger partial charge in [0, 0.05) is 33.6 Å². The summed E-state index contributed by atoms with van der Waals surface area (Å²) >= 11 is 0. The quantitative estimate of drug-likeness (QED) is 0.0587. The van der Waals surface area contributed by atoms with Crippen LogP contribution in [0.2, 0.25) is 0 Å². The van der Waals surface area contributed by atoms with Crippen LogP contribution in [0.1, 0.15) is 50.0 Å². The minimum atomic E-state index is -0.752. The van der Waals surface area contributed by atoms with Gasteiger partial charge in [-0.3, -0.25) is 0 Å². The number of fused-ring (bicyclic) bond motifs is 1. The van der Waals surface area contributed by atoms with E-state index in [-0.39, 0.29) is 59.4 Å². The first-order valence-corrected chi connectivity index (χ1v) is 17.1. The van der Waals surface area contributed by atoms with Crippen molar-refractivity contribution in [3.8, 4) is 23.0 Å². The molecular formula is C44H42O11. The lowest BCUT2D eigenvalue weighted by molar-refractivity contribution is -0.149. The first-order chi connectivity index (χ1) is 26.1. The van der Waals surface area contributed by atoms with Gasteiger partial charge in [-0.05, 0) is 98.8 Å². The Morgan fingerprint density at radius 1 is 0.618 bits per heavy atom. The Hall–Kier alpha value is -6.75. The van der Waals surface area contributed by atoms with Crippen LogP contribution < -0.4 is 18.9 Å². The monoisotopic (exact) mass is 746 g/mol. The average molecular weight is 747 g/mol. The summed E-state index contributed by atoms with van der Waals surface area (Å²) in [7, 11) is 0. The zero-order chi connectivity index (χ0) is 40.1. The molecule has 4 rings (SSSR count). The predicted molar refractivity (Wildman–Crippen MR) is 207 cm³/mol. The number of hydrogen-bond acceptors (Lipinski definition) is 11. The highest BCUT2D eigenvalue weighted by atomic mass is 16.6. The lowest BCUT2D eigenvalue weighted by Crippen LogP contribution is -2.33. The Kier molecular flexibility index (Phi) is 14.0. The Bertz CT molecular complexity index is 2110. The molecule has 284 valence electrons. The van der Waals surface area contributed by atoms with Gasteiger partial charge in [-0.25, -0.2) is 24.0 Å². The van der Waals surface area contributed by atoms with E-state index in [4.69, 9.17) is 28.4 Å². The summed E-state index contributed by atoms with van der Waals surface area (Å²) in [5.74, 6) is -1.58. The third-order valence-corrected chi connectivity index (χ3v) is 7.98. The molecule has 0 aromatic heterocycles. The standard InChI is InChI=1S/C44H42O11/c1-28(2)40(46)51-26-44(7,27-52-41(47)29(3)4)24-25-50-38-22-14-31(36-10-8-9-11-37(36)38)15-23-39(45)53-33-18-20-35(21-19-33)55-43(49)32-12-16-34(17-13-32)54-42(48)30(5)6/h8-23H,1,3,5,24-27H2,2,4,6-7H3/b23-15+.